The molecule has 3 aromatic rings. The molecule has 9 nitrogen and oxygen atoms in total. The van der Waals surface area contributed by atoms with Gasteiger partial charge in [-0.2, -0.15) is 0 Å². The summed E-state index contributed by atoms with van der Waals surface area (Å²) in [6.07, 6.45) is 7.48. The summed E-state index contributed by atoms with van der Waals surface area (Å²) in [4.78, 5) is 38.9. The highest BCUT2D eigenvalue weighted by molar-refractivity contribution is 6.04. The molecule has 2 amide bonds. The third-order valence-corrected chi connectivity index (χ3v) is 5.01. The van der Waals surface area contributed by atoms with Gasteiger partial charge in [-0.1, -0.05) is 0 Å². The van der Waals surface area contributed by atoms with E-state index in [0.29, 0.717) is 49.0 Å². The van der Waals surface area contributed by atoms with Crippen molar-refractivity contribution >= 4 is 34.2 Å². The number of amides is 2. The zero-order valence-electron chi connectivity index (χ0n) is 17.0. The van der Waals surface area contributed by atoms with Crippen LogP contribution in [-0.4, -0.2) is 58.0 Å². The van der Waals surface area contributed by atoms with Gasteiger partial charge >= 0.3 is 0 Å². The van der Waals surface area contributed by atoms with Crippen LogP contribution in [0.5, 0.6) is 0 Å². The Morgan fingerprint density at radius 2 is 2.00 bits per heavy atom. The van der Waals surface area contributed by atoms with Gasteiger partial charge in [0, 0.05) is 54.8 Å². The fourth-order valence-electron chi connectivity index (χ4n) is 3.32. The molecule has 0 aliphatic carbocycles. The fourth-order valence-corrected chi connectivity index (χ4v) is 3.32. The molecule has 1 aliphatic heterocycles. The van der Waals surface area contributed by atoms with Gasteiger partial charge in [0.05, 0.1) is 18.9 Å². The summed E-state index contributed by atoms with van der Waals surface area (Å²) in [6.45, 7) is 4.02. The van der Waals surface area contributed by atoms with Crippen LogP contribution in [0.3, 0.4) is 0 Å². The largest absolute Gasteiger partial charge is 0.383 e. The van der Waals surface area contributed by atoms with Crippen molar-refractivity contribution < 1.29 is 14.3 Å². The van der Waals surface area contributed by atoms with Crippen molar-refractivity contribution in [3.05, 3.63) is 54.5 Å². The summed E-state index contributed by atoms with van der Waals surface area (Å²) < 4.78 is 5.22. The molecule has 0 unspecified atom stereocenters. The van der Waals surface area contributed by atoms with Gasteiger partial charge in [0.15, 0.2) is 0 Å². The Morgan fingerprint density at radius 3 is 2.77 bits per heavy atom. The number of carbonyl (C=O) groups is 2. The standard InChI is InChI=1S/C22H22N6O3/c1-14-4-5-24-12-16(14)18-10-15-11-19(25-13-17(15)22(23)26-18)27-20(29)2-3-21(30)28-6-8-31-9-7-28/h2-5,10-13H,6-9H2,1H3,(H2,23,26)(H,25,27,29)/b3-2-. The van der Waals surface area contributed by atoms with Crippen LogP contribution in [0.4, 0.5) is 11.6 Å². The number of hydrogen-bond acceptors (Lipinski definition) is 7. The maximum Gasteiger partial charge on any atom is 0.249 e. The van der Waals surface area contributed by atoms with Gasteiger partial charge in [-0.05, 0) is 36.1 Å². The van der Waals surface area contributed by atoms with E-state index >= 15 is 0 Å². The number of fused-ring (bicyclic) bond motifs is 1. The van der Waals surface area contributed by atoms with E-state index in [0.717, 1.165) is 16.5 Å². The van der Waals surface area contributed by atoms with Gasteiger partial charge in [0.2, 0.25) is 11.8 Å². The van der Waals surface area contributed by atoms with E-state index in [9.17, 15) is 9.59 Å². The monoisotopic (exact) mass is 418 g/mol. The molecule has 0 saturated carbocycles. The summed E-state index contributed by atoms with van der Waals surface area (Å²) in [5.74, 6) is 0.0247. The number of nitrogens with one attached hydrogen (secondary N) is 1. The molecule has 3 N–H and O–H groups in total. The predicted octanol–water partition coefficient (Wildman–Crippen LogP) is 1.94. The molecule has 0 radical (unpaired) electrons. The minimum absolute atomic E-state index is 0.222. The zero-order chi connectivity index (χ0) is 21.8. The second-order valence-corrected chi connectivity index (χ2v) is 7.13. The Bertz CT molecular complexity index is 1170. The molecular formula is C22H22N6O3. The normalized spacial score (nSPS) is 14.2. The third kappa shape index (κ3) is 4.67. The van der Waals surface area contributed by atoms with E-state index < -0.39 is 5.91 Å². The first-order chi connectivity index (χ1) is 15.0. The van der Waals surface area contributed by atoms with Crippen LogP contribution >= 0.6 is 0 Å². The summed E-state index contributed by atoms with van der Waals surface area (Å²) in [6, 6.07) is 5.50. The Balaban J connectivity index is 1.53. The van der Waals surface area contributed by atoms with Crippen molar-refractivity contribution in [2.24, 2.45) is 0 Å². The molecular weight excluding hydrogens is 396 g/mol. The number of hydrogen-bond donors (Lipinski definition) is 2. The van der Waals surface area contributed by atoms with Crippen LogP contribution < -0.4 is 11.1 Å². The van der Waals surface area contributed by atoms with Crippen LogP contribution in [-0.2, 0) is 14.3 Å². The molecule has 4 rings (SSSR count). The van der Waals surface area contributed by atoms with Crippen molar-refractivity contribution in [2.75, 3.05) is 37.4 Å². The Morgan fingerprint density at radius 1 is 1.19 bits per heavy atom. The van der Waals surface area contributed by atoms with Gasteiger partial charge in [0.1, 0.15) is 11.6 Å². The van der Waals surface area contributed by atoms with Crippen LogP contribution in [0.2, 0.25) is 0 Å². The molecule has 3 aromatic heterocycles. The first-order valence-electron chi connectivity index (χ1n) is 9.84. The van der Waals surface area contributed by atoms with Crippen molar-refractivity contribution in [1.29, 1.82) is 0 Å². The molecule has 0 bridgehead atoms. The van der Waals surface area contributed by atoms with E-state index in [1.807, 2.05) is 19.1 Å². The van der Waals surface area contributed by atoms with E-state index in [4.69, 9.17) is 10.5 Å². The molecule has 0 atom stereocenters. The molecule has 1 fully saturated rings. The molecule has 4 heterocycles. The lowest BCUT2D eigenvalue weighted by Gasteiger charge is -2.25. The van der Waals surface area contributed by atoms with E-state index in [-0.39, 0.29) is 5.91 Å². The number of ether oxygens (including phenoxy) is 1. The Labute approximate surface area is 179 Å². The van der Waals surface area contributed by atoms with Crippen LogP contribution in [0.25, 0.3) is 22.0 Å². The Hall–Kier alpha value is -3.85. The van der Waals surface area contributed by atoms with Crippen LogP contribution in [0.15, 0.2) is 48.9 Å². The molecule has 31 heavy (non-hydrogen) atoms. The number of pyridine rings is 3. The van der Waals surface area contributed by atoms with Crippen molar-refractivity contribution in [1.82, 2.24) is 19.9 Å². The summed E-state index contributed by atoms with van der Waals surface area (Å²) in [5, 5.41) is 4.14. The SMILES string of the molecule is Cc1ccncc1-c1cc2cc(NC(=O)/C=C\C(=O)N3CCOCC3)ncc2c(N)n1. The van der Waals surface area contributed by atoms with Crippen LogP contribution in [0.1, 0.15) is 5.56 Å². The van der Waals surface area contributed by atoms with Gasteiger partial charge in [-0.3, -0.25) is 14.6 Å². The molecule has 0 aromatic carbocycles. The maximum atomic E-state index is 12.3. The smallest absolute Gasteiger partial charge is 0.249 e. The van der Waals surface area contributed by atoms with Crippen molar-refractivity contribution in [3.8, 4) is 11.3 Å². The number of aromatic nitrogens is 3. The third-order valence-electron chi connectivity index (χ3n) is 5.01. The second kappa shape index (κ2) is 8.88. The minimum atomic E-state index is -0.446. The number of aryl methyl sites for hydroxylation is 1. The molecule has 0 spiro atoms. The summed E-state index contributed by atoms with van der Waals surface area (Å²) in [5.41, 5.74) is 8.72. The fraction of sp³-hybridized carbons (Fsp3) is 0.227. The highest BCUT2D eigenvalue weighted by Gasteiger charge is 2.15. The summed E-state index contributed by atoms with van der Waals surface area (Å²) >= 11 is 0. The van der Waals surface area contributed by atoms with Crippen LogP contribution in [0, 0.1) is 6.92 Å². The van der Waals surface area contributed by atoms with Gasteiger partial charge in [-0.15, -0.1) is 0 Å². The first kappa shape index (κ1) is 20.4. The quantitative estimate of drug-likeness (QED) is 0.621. The highest BCUT2D eigenvalue weighted by atomic mass is 16.5. The summed E-state index contributed by atoms with van der Waals surface area (Å²) in [7, 11) is 0. The number of anilines is 2. The molecule has 1 aliphatic rings. The zero-order valence-corrected chi connectivity index (χ0v) is 17.0. The van der Waals surface area contributed by atoms with E-state index in [1.165, 1.54) is 12.2 Å². The van der Waals surface area contributed by atoms with Crippen molar-refractivity contribution in [3.63, 3.8) is 0 Å². The number of carbonyl (C=O) groups excluding carboxylic acids is 2. The highest BCUT2D eigenvalue weighted by Crippen LogP contribution is 2.28. The predicted molar refractivity (Wildman–Crippen MR) is 117 cm³/mol. The number of nitrogens with two attached hydrogens (primary N) is 1. The lowest BCUT2D eigenvalue weighted by atomic mass is 10.1. The average molecular weight is 418 g/mol. The number of rotatable bonds is 4. The first-order valence-corrected chi connectivity index (χ1v) is 9.84. The van der Waals surface area contributed by atoms with Gasteiger partial charge < -0.3 is 20.7 Å². The number of morpholine rings is 1. The van der Waals surface area contributed by atoms with Gasteiger partial charge in [-0.25, -0.2) is 9.97 Å². The molecule has 158 valence electrons. The van der Waals surface area contributed by atoms with Crippen molar-refractivity contribution in [2.45, 2.75) is 6.92 Å². The lowest BCUT2D eigenvalue weighted by molar-refractivity contribution is -0.130. The van der Waals surface area contributed by atoms with E-state index in [1.54, 1.807) is 29.6 Å². The average Bonchev–Trinajstić information content (AvgIpc) is 2.78. The Kier molecular flexibility index (Phi) is 5.85. The lowest BCUT2D eigenvalue weighted by Crippen LogP contribution is -2.39. The second-order valence-electron chi connectivity index (χ2n) is 7.13. The minimum Gasteiger partial charge on any atom is -0.383 e. The molecule has 9 heteroatoms. The topological polar surface area (TPSA) is 123 Å². The van der Waals surface area contributed by atoms with E-state index in [2.05, 4.69) is 20.3 Å². The molecule has 1 saturated heterocycles. The van der Waals surface area contributed by atoms with Gasteiger partial charge in [0.25, 0.3) is 0 Å². The number of nitrogen functional groups attached to an aromatic ring is 1. The maximum absolute atomic E-state index is 12.3. The number of nitrogens with zero attached hydrogens (tertiary/aromatic N) is 4.